The predicted molar refractivity (Wildman–Crippen MR) is 116 cm³/mol. The third-order valence-corrected chi connectivity index (χ3v) is 6.29. The zero-order valence-corrected chi connectivity index (χ0v) is 17.7. The molecular formula is C22H21N5O2S. The second-order valence-electron chi connectivity index (χ2n) is 7.08. The maximum Gasteiger partial charge on any atom is 0.306 e. The number of nitrogens with two attached hydrogens (primary N) is 1. The quantitative estimate of drug-likeness (QED) is 0.635. The zero-order valence-electron chi connectivity index (χ0n) is 16.9. The van der Waals surface area contributed by atoms with Gasteiger partial charge in [-0.1, -0.05) is 24.0 Å². The summed E-state index contributed by atoms with van der Waals surface area (Å²) in [5, 5.41) is 18.9. The fraction of sp³-hybridized carbons (Fsp3) is 0.273. The van der Waals surface area contributed by atoms with Gasteiger partial charge in [-0.05, 0) is 38.5 Å². The highest BCUT2D eigenvalue weighted by molar-refractivity contribution is 7.15. The number of aliphatic carboxylic acids is 1. The highest BCUT2D eigenvalue weighted by Crippen LogP contribution is 2.39. The minimum Gasteiger partial charge on any atom is -0.481 e. The molecule has 30 heavy (non-hydrogen) atoms. The van der Waals surface area contributed by atoms with E-state index in [2.05, 4.69) is 35.9 Å². The molecule has 1 aliphatic heterocycles. The number of rotatable bonds is 3. The molecule has 1 aliphatic rings. The molecular weight excluding hydrogens is 398 g/mol. The van der Waals surface area contributed by atoms with Gasteiger partial charge in [0.05, 0.1) is 18.7 Å². The van der Waals surface area contributed by atoms with Gasteiger partial charge in [0.1, 0.15) is 16.9 Å². The number of nitrogens with zero attached hydrogens (tertiary/aromatic N) is 4. The lowest BCUT2D eigenvalue weighted by Gasteiger charge is -2.10. The Bertz CT molecular complexity index is 1220. The molecule has 3 aromatic rings. The molecule has 0 bridgehead atoms. The van der Waals surface area contributed by atoms with Crippen molar-refractivity contribution in [2.75, 3.05) is 6.54 Å². The fourth-order valence-corrected chi connectivity index (χ4v) is 4.77. The van der Waals surface area contributed by atoms with Crippen molar-refractivity contribution >= 4 is 23.0 Å². The van der Waals surface area contributed by atoms with E-state index >= 15 is 0 Å². The Morgan fingerprint density at radius 2 is 1.97 bits per heavy atom. The van der Waals surface area contributed by atoms with Gasteiger partial charge in [-0.2, -0.15) is 0 Å². The van der Waals surface area contributed by atoms with Crippen LogP contribution in [0.2, 0.25) is 0 Å². The van der Waals surface area contributed by atoms with Gasteiger partial charge in [0.2, 0.25) is 0 Å². The zero-order chi connectivity index (χ0) is 21.4. The number of thiophene rings is 1. The molecule has 0 amide bonds. The summed E-state index contributed by atoms with van der Waals surface area (Å²) in [6, 6.07) is 7.16. The van der Waals surface area contributed by atoms with E-state index in [-0.39, 0.29) is 6.42 Å². The van der Waals surface area contributed by atoms with E-state index < -0.39 is 12.0 Å². The first kappa shape index (κ1) is 20.0. The van der Waals surface area contributed by atoms with Crippen LogP contribution in [0.5, 0.6) is 0 Å². The van der Waals surface area contributed by atoms with Crippen molar-refractivity contribution in [1.29, 1.82) is 0 Å². The van der Waals surface area contributed by atoms with Crippen molar-refractivity contribution in [3.63, 3.8) is 0 Å². The fourth-order valence-electron chi connectivity index (χ4n) is 3.55. The van der Waals surface area contributed by atoms with Crippen LogP contribution in [0.25, 0.3) is 5.00 Å². The molecule has 0 radical (unpaired) electrons. The van der Waals surface area contributed by atoms with Gasteiger partial charge >= 0.3 is 5.97 Å². The first-order valence-corrected chi connectivity index (χ1v) is 10.3. The van der Waals surface area contributed by atoms with Crippen molar-refractivity contribution in [2.45, 2.75) is 33.2 Å². The van der Waals surface area contributed by atoms with Gasteiger partial charge in [0.15, 0.2) is 5.82 Å². The Morgan fingerprint density at radius 1 is 1.23 bits per heavy atom. The Kier molecular flexibility index (Phi) is 5.24. The molecule has 8 heteroatoms. The molecule has 0 saturated heterocycles. The number of carboxylic acid groups (broad SMARTS) is 1. The minimum atomic E-state index is -0.930. The normalized spacial score (nSPS) is 14.8. The summed E-state index contributed by atoms with van der Waals surface area (Å²) in [5.41, 5.74) is 10.1. The first-order chi connectivity index (χ1) is 14.4. The van der Waals surface area contributed by atoms with Crippen LogP contribution in [-0.4, -0.2) is 38.1 Å². The Labute approximate surface area is 178 Å². The van der Waals surface area contributed by atoms with Crippen molar-refractivity contribution in [3.8, 4) is 16.8 Å². The predicted octanol–water partition coefficient (Wildman–Crippen LogP) is 2.93. The van der Waals surface area contributed by atoms with E-state index in [0.717, 1.165) is 33.0 Å². The summed E-state index contributed by atoms with van der Waals surface area (Å²) in [6.45, 7) is 6.32. The molecule has 2 aromatic heterocycles. The number of aryl methyl sites for hydroxylation is 2. The number of hydrogen-bond donors (Lipinski definition) is 2. The van der Waals surface area contributed by atoms with Crippen molar-refractivity contribution < 1.29 is 9.90 Å². The number of hydrogen-bond acceptors (Lipinski definition) is 6. The standard InChI is InChI=1S/C22H21N5O2S/c1-12-13(2)30-22-19(12)20(16-8-6-15(7-9-16)5-4-10-23)24-17(11-18(28)29)21-26-25-14(3)27(21)22/h6-9,17H,10-11,23H2,1-3H3,(H,28,29)/t17-/m1/s1. The number of carboxylic acids is 1. The topological polar surface area (TPSA) is 106 Å². The first-order valence-electron chi connectivity index (χ1n) is 9.52. The van der Waals surface area contributed by atoms with Crippen LogP contribution in [0.3, 0.4) is 0 Å². The van der Waals surface area contributed by atoms with E-state index in [1.807, 2.05) is 35.8 Å². The molecule has 0 unspecified atom stereocenters. The van der Waals surface area contributed by atoms with Gasteiger partial charge in [0, 0.05) is 21.6 Å². The molecule has 1 atom stereocenters. The van der Waals surface area contributed by atoms with Crippen LogP contribution >= 0.6 is 11.3 Å². The van der Waals surface area contributed by atoms with Gasteiger partial charge < -0.3 is 10.8 Å². The van der Waals surface area contributed by atoms with Crippen LogP contribution in [0, 0.1) is 32.6 Å². The van der Waals surface area contributed by atoms with Crippen molar-refractivity contribution in [2.24, 2.45) is 10.7 Å². The minimum absolute atomic E-state index is 0.158. The Morgan fingerprint density at radius 3 is 2.63 bits per heavy atom. The average molecular weight is 420 g/mol. The van der Waals surface area contributed by atoms with Crippen LogP contribution in [-0.2, 0) is 4.79 Å². The summed E-state index contributed by atoms with van der Waals surface area (Å²) in [5.74, 6) is 6.21. The molecule has 0 spiro atoms. The number of fused-ring (bicyclic) bond motifs is 3. The lowest BCUT2D eigenvalue weighted by Crippen LogP contribution is -2.10. The van der Waals surface area contributed by atoms with E-state index in [9.17, 15) is 9.90 Å². The largest absolute Gasteiger partial charge is 0.481 e. The highest BCUT2D eigenvalue weighted by Gasteiger charge is 2.32. The second kappa shape index (κ2) is 7.86. The highest BCUT2D eigenvalue weighted by atomic mass is 32.1. The van der Waals surface area contributed by atoms with E-state index in [4.69, 9.17) is 10.7 Å². The average Bonchev–Trinajstić information content (AvgIpc) is 3.19. The van der Waals surface area contributed by atoms with Crippen LogP contribution in [0.1, 0.15) is 51.2 Å². The maximum absolute atomic E-state index is 11.6. The summed E-state index contributed by atoms with van der Waals surface area (Å²) in [6.07, 6.45) is -0.158. The second-order valence-corrected chi connectivity index (χ2v) is 8.28. The summed E-state index contributed by atoms with van der Waals surface area (Å²) >= 11 is 1.64. The number of aliphatic imine (C=N–C) groups is 1. The molecule has 0 fully saturated rings. The third kappa shape index (κ3) is 3.43. The molecule has 3 heterocycles. The monoisotopic (exact) mass is 419 g/mol. The van der Waals surface area contributed by atoms with Crippen molar-refractivity contribution in [3.05, 3.63) is 63.0 Å². The SMILES string of the molecule is Cc1sc2c(c1C)C(c1ccc(C#CCN)cc1)=N[C@H](CC(=O)O)c1nnc(C)n1-2. The van der Waals surface area contributed by atoms with Gasteiger partial charge in [-0.25, -0.2) is 0 Å². The van der Waals surface area contributed by atoms with Crippen LogP contribution < -0.4 is 5.73 Å². The van der Waals surface area contributed by atoms with Crippen LogP contribution in [0.4, 0.5) is 0 Å². The maximum atomic E-state index is 11.6. The number of aromatic nitrogens is 3. The molecule has 4 rings (SSSR count). The third-order valence-electron chi connectivity index (χ3n) is 5.10. The summed E-state index contributed by atoms with van der Waals surface area (Å²) in [4.78, 5) is 17.7. The molecule has 3 N–H and O–H groups in total. The Balaban J connectivity index is 1.94. The molecule has 0 aliphatic carbocycles. The van der Waals surface area contributed by atoms with Crippen molar-refractivity contribution in [1.82, 2.24) is 14.8 Å². The molecule has 152 valence electrons. The molecule has 0 saturated carbocycles. The smallest absolute Gasteiger partial charge is 0.306 e. The van der Waals surface area contributed by atoms with Gasteiger partial charge in [-0.15, -0.1) is 21.5 Å². The number of carbonyl (C=O) groups is 1. The van der Waals surface area contributed by atoms with Gasteiger partial charge in [0.25, 0.3) is 0 Å². The van der Waals surface area contributed by atoms with E-state index in [1.54, 1.807) is 11.3 Å². The van der Waals surface area contributed by atoms with E-state index in [0.29, 0.717) is 18.2 Å². The summed E-state index contributed by atoms with van der Waals surface area (Å²) < 4.78 is 1.95. The lowest BCUT2D eigenvalue weighted by atomic mass is 9.98. The molecule has 7 nitrogen and oxygen atoms in total. The lowest BCUT2D eigenvalue weighted by molar-refractivity contribution is -0.137. The number of benzene rings is 1. The summed E-state index contributed by atoms with van der Waals surface area (Å²) in [7, 11) is 0. The Hall–Kier alpha value is -3.28. The van der Waals surface area contributed by atoms with E-state index in [1.165, 1.54) is 4.88 Å². The van der Waals surface area contributed by atoms with Crippen LogP contribution in [0.15, 0.2) is 29.3 Å². The molecule has 1 aromatic carbocycles. The van der Waals surface area contributed by atoms with Gasteiger partial charge in [-0.3, -0.25) is 14.4 Å².